The quantitative estimate of drug-likeness (QED) is 0.490. The number of carbonyl (C=O) groups is 1. The van der Waals surface area contributed by atoms with Crippen LogP contribution in [0.5, 0.6) is 11.5 Å². The maximum absolute atomic E-state index is 13.0. The fraction of sp³-hybridized carbons (Fsp3) is 0.296. The molecule has 1 heterocycles. The number of aromatic hydroxyl groups is 1. The van der Waals surface area contributed by atoms with Crippen LogP contribution in [0.2, 0.25) is 0 Å². The number of rotatable bonds is 8. The number of likely N-dealkylation sites (tertiary alicyclic amines) is 1. The molecule has 3 aromatic carbocycles. The van der Waals surface area contributed by atoms with Gasteiger partial charge >= 0.3 is 0 Å². The highest BCUT2D eigenvalue weighted by Crippen LogP contribution is 2.24. The van der Waals surface area contributed by atoms with Crippen LogP contribution >= 0.6 is 0 Å². The molecule has 0 aliphatic carbocycles. The molecule has 4 rings (SSSR count). The number of hydrogen-bond acceptors (Lipinski definition) is 5. The zero-order valence-electron chi connectivity index (χ0n) is 19.5. The second kappa shape index (κ2) is 10.7. The van der Waals surface area contributed by atoms with Gasteiger partial charge in [-0.05, 0) is 56.2 Å². The SMILES string of the molecule is Cc1ccc(C)c(C(=O)N2CCC(COc3cccc(NCS(=O)c4ccccc4O)c3)C2)c1. The van der Waals surface area contributed by atoms with E-state index in [1.54, 1.807) is 18.2 Å². The van der Waals surface area contributed by atoms with Gasteiger partial charge in [0.05, 0.1) is 28.2 Å². The first-order valence-corrected chi connectivity index (χ1v) is 12.7. The Bertz CT molecular complexity index is 1200. The van der Waals surface area contributed by atoms with Crippen LogP contribution < -0.4 is 10.1 Å². The van der Waals surface area contributed by atoms with Crippen molar-refractivity contribution >= 4 is 22.4 Å². The zero-order valence-corrected chi connectivity index (χ0v) is 20.3. The van der Waals surface area contributed by atoms with Gasteiger partial charge in [0.15, 0.2) is 0 Å². The predicted molar refractivity (Wildman–Crippen MR) is 135 cm³/mol. The monoisotopic (exact) mass is 478 g/mol. The summed E-state index contributed by atoms with van der Waals surface area (Å²) in [5.41, 5.74) is 3.66. The van der Waals surface area contributed by atoms with Crippen LogP contribution in [0.15, 0.2) is 71.6 Å². The van der Waals surface area contributed by atoms with Crippen molar-refractivity contribution in [3.8, 4) is 11.5 Å². The molecular weight excluding hydrogens is 448 g/mol. The molecule has 3 aromatic rings. The van der Waals surface area contributed by atoms with Crippen molar-refractivity contribution in [1.82, 2.24) is 4.90 Å². The number of para-hydroxylation sites is 1. The number of nitrogens with zero attached hydrogens (tertiary/aromatic N) is 1. The van der Waals surface area contributed by atoms with Gasteiger partial charge < -0.3 is 20.1 Å². The molecule has 0 bridgehead atoms. The molecule has 0 radical (unpaired) electrons. The third-order valence-corrected chi connectivity index (χ3v) is 7.28. The summed E-state index contributed by atoms with van der Waals surface area (Å²) >= 11 is 0. The van der Waals surface area contributed by atoms with Gasteiger partial charge in [-0.25, -0.2) is 0 Å². The highest BCUT2D eigenvalue weighted by atomic mass is 32.2. The molecule has 2 N–H and O–H groups in total. The summed E-state index contributed by atoms with van der Waals surface area (Å²) in [5.74, 6) is 1.30. The van der Waals surface area contributed by atoms with Crippen molar-refractivity contribution in [3.63, 3.8) is 0 Å². The Hall–Kier alpha value is -3.32. The fourth-order valence-corrected chi connectivity index (χ4v) is 5.06. The number of hydrogen-bond donors (Lipinski definition) is 2. The third-order valence-electron chi connectivity index (χ3n) is 6.03. The topological polar surface area (TPSA) is 78.9 Å². The molecule has 7 heteroatoms. The largest absolute Gasteiger partial charge is 0.507 e. The first-order chi connectivity index (χ1) is 16.4. The van der Waals surface area contributed by atoms with Crippen LogP contribution in [0.1, 0.15) is 27.9 Å². The summed E-state index contributed by atoms with van der Waals surface area (Å²) in [5, 5.41) is 13.0. The second-order valence-electron chi connectivity index (χ2n) is 8.70. The summed E-state index contributed by atoms with van der Waals surface area (Å²) in [6.07, 6.45) is 0.911. The molecule has 6 nitrogen and oxygen atoms in total. The van der Waals surface area contributed by atoms with Gasteiger partial charge in [0.25, 0.3) is 5.91 Å². The maximum atomic E-state index is 13.0. The lowest BCUT2D eigenvalue weighted by molar-refractivity contribution is 0.0782. The number of carbonyl (C=O) groups excluding carboxylic acids is 1. The summed E-state index contributed by atoms with van der Waals surface area (Å²) in [4.78, 5) is 15.3. The van der Waals surface area contributed by atoms with Crippen LogP contribution in [0.4, 0.5) is 5.69 Å². The molecule has 2 atom stereocenters. The van der Waals surface area contributed by atoms with Gasteiger partial charge in [0, 0.05) is 36.3 Å². The highest BCUT2D eigenvalue weighted by molar-refractivity contribution is 7.85. The van der Waals surface area contributed by atoms with Crippen molar-refractivity contribution < 1.29 is 18.8 Å². The van der Waals surface area contributed by atoms with E-state index in [1.807, 2.05) is 61.2 Å². The molecule has 1 fully saturated rings. The number of ether oxygens (including phenoxy) is 1. The van der Waals surface area contributed by atoms with E-state index in [4.69, 9.17) is 4.74 Å². The lowest BCUT2D eigenvalue weighted by Crippen LogP contribution is -2.30. The van der Waals surface area contributed by atoms with Crippen molar-refractivity contribution in [1.29, 1.82) is 0 Å². The molecule has 178 valence electrons. The Morgan fingerprint density at radius 3 is 2.76 bits per heavy atom. The molecule has 0 spiro atoms. The Morgan fingerprint density at radius 2 is 1.94 bits per heavy atom. The highest BCUT2D eigenvalue weighted by Gasteiger charge is 2.28. The lowest BCUT2D eigenvalue weighted by atomic mass is 10.0. The molecule has 0 aromatic heterocycles. The maximum Gasteiger partial charge on any atom is 0.254 e. The Morgan fingerprint density at radius 1 is 1.12 bits per heavy atom. The van der Waals surface area contributed by atoms with Gasteiger partial charge in [-0.2, -0.15) is 0 Å². The van der Waals surface area contributed by atoms with Crippen molar-refractivity contribution in [2.45, 2.75) is 25.2 Å². The van der Waals surface area contributed by atoms with E-state index in [1.165, 1.54) is 6.07 Å². The third kappa shape index (κ3) is 5.78. The van der Waals surface area contributed by atoms with E-state index in [-0.39, 0.29) is 23.5 Å². The van der Waals surface area contributed by atoms with Crippen molar-refractivity contribution in [3.05, 3.63) is 83.4 Å². The van der Waals surface area contributed by atoms with E-state index in [9.17, 15) is 14.1 Å². The Labute approximate surface area is 203 Å². The van der Waals surface area contributed by atoms with Gasteiger partial charge in [-0.3, -0.25) is 9.00 Å². The first-order valence-electron chi connectivity index (χ1n) is 11.4. The number of phenols is 1. The van der Waals surface area contributed by atoms with E-state index in [2.05, 4.69) is 5.32 Å². The van der Waals surface area contributed by atoms with Crippen LogP contribution in [-0.2, 0) is 10.8 Å². The van der Waals surface area contributed by atoms with E-state index < -0.39 is 10.8 Å². The average molecular weight is 479 g/mol. The summed E-state index contributed by atoms with van der Waals surface area (Å²) in [6.45, 7) is 5.93. The molecule has 1 amide bonds. The molecule has 1 saturated heterocycles. The predicted octanol–water partition coefficient (Wildman–Crippen LogP) is 4.73. The zero-order chi connectivity index (χ0) is 24.1. The number of anilines is 1. The molecular formula is C27H30N2O4S. The molecule has 1 aliphatic heterocycles. The van der Waals surface area contributed by atoms with Gasteiger partial charge in [0.2, 0.25) is 0 Å². The van der Waals surface area contributed by atoms with Gasteiger partial charge in [0.1, 0.15) is 11.5 Å². The minimum atomic E-state index is -1.37. The number of amides is 1. The molecule has 0 saturated carbocycles. The standard InChI is InChI=1S/C27H30N2O4S/c1-19-10-11-20(2)24(14-19)27(31)29-13-12-21(16-29)17-33-23-7-5-6-22(15-23)28-18-34(32)26-9-4-3-8-25(26)30/h3-11,14-15,21,28,30H,12-13,16-18H2,1-2H3. The normalized spacial score (nSPS) is 16.3. The van der Waals surface area contributed by atoms with Gasteiger partial charge in [-0.15, -0.1) is 0 Å². The van der Waals surface area contributed by atoms with Crippen LogP contribution in [0.3, 0.4) is 0 Å². The Balaban J connectivity index is 1.29. The number of benzene rings is 3. The minimum Gasteiger partial charge on any atom is -0.507 e. The first kappa shape index (κ1) is 23.8. The molecule has 2 unspecified atom stereocenters. The fourth-order valence-electron chi connectivity index (χ4n) is 4.08. The van der Waals surface area contributed by atoms with E-state index in [0.29, 0.717) is 18.0 Å². The van der Waals surface area contributed by atoms with Crippen LogP contribution in [0.25, 0.3) is 0 Å². The average Bonchev–Trinajstić information content (AvgIpc) is 3.32. The second-order valence-corrected chi connectivity index (χ2v) is 10.1. The molecule has 34 heavy (non-hydrogen) atoms. The van der Waals surface area contributed by atoms with Crippen LogP contribution in [0, 0.1) is 19.8 Å². The van der Waals surface area contributed by atoms with Crippen LogP contribution in [-0.4, -0.2) is 45.7 Å². The van der Waals surface area contributed by atoms with E-state index >= 15 is 0 Å². The Kier molecular flexibility index (Phi) is 7.53. The smallest absolute Gasteiger partial charge is 0.254 e. The number of aryl methyl sites for hydroxylation is 2. The number of nitrogens with one attached hydrogen (secondary N) is 1. The summed E-state index contributed by atoms with van der Waals surface area (Å²) < 4.78 is 18.5. The van der Waals surface area contributed by atoms with Crippen molar-refractivity contribution in [2.75, 3.05) is 30.9 Å². The summed E-state index contributed by atoms with van der Waals surface area (Å²) in [7, 11) is -1.37. The summed E-state index contributed by atoms with van der Waals surface area (Å²) in [6, 6.07) is 20.2. The van der Waals surface area contributed by atoms with E-state index in [0.717, 1.165) is 41.1 Å². The molecule has 1 aliphatic rings. The van der Waals surface area contributed by atoms with Crippen molar-refractivity contribution in [2.24, 2.45) is 5.92 Å². The lowest BCUT2D eigenvalue weighted by Gasteiger charge is -2.18. The minimum absolute atomic E-state index is 0.0290. The number of phenolic OH excluding ortho intramolecular Hbond substituents is 1. The van der Waals surface area contributed by atoms with Gasteiger partial charge in [-0.1, -0.05) is 35.9 Å².